The third kappa shape index (κ3) is 3.72. The maximum absolute atomic E-state index is 13.7. The summed E-state index contributed by atoms with van der Waals surface area (Å²) >= 11 is 5.68. The lowest BCUT2D eigenvalue weighted by molar-refractivity contribution is -0.118. The topological polar surface area (TPSA) is 66.9 Å². The molecule has 0 aromatic heterocycles. The summed E-state index contributed by atoms with van der Waals surface area (Å²) in [6.45, 7) is 0. The van der Waals surface area contributed by atoms with E-state index in [1.165, 1.54) is 6.07 Å². The molecule has 17 heavy (non-hydrogen) atoms. The van der Waals surface area contributed by atoms with Gasteiger partial charge in [-0.25, -0.2) is 4.39 Å². The molecular formula is C12H12ClFN2O. The number of carbonyl (C=O) groups excluding carboxylic acids is 1. The molecule has 0 aliphatic carbocycles. The zero-order valence-electron chi connectivity index (χ0n) is 9.17. The van der Waals surface area contributed by atoms with E-state index in [1.54, 1.807) is 12.1 Å². The van der Waals surface area contributed by atoms with Gasteiger partial charge in [0.05, 0.1) is 5.02 Å². The number of benzene rings is 1. The quantitative estimate of drug-likeness (QED) is 0.821. The minimum atomic E-state index is -0.570. The van der Waals surface area contributed by atoms with Crippen molar-refractivity contribution >= 4 is 17.5 Å². The molecule has 0 bridgehead atoms. The smallest absolute Gasteiger partial charge is 0.217 e. The second-order valence-electron chi connectivity index (χ2n) is 3.68. The molecule has 1 aromatic carbocycles. The van der Waals surface area contributed by atoms with Crippen molar-refractivity contribution < 1.29 is 9.18 Å². The molecule has 90 valence electrons. The van der Waals surface area contributed by atoms with Crippen molar-refractivity contribution in [3.63, 3.8) is 0 Å². The Hall–Kier alpha value is -1.60. The molecule has 0 aliphatic heterocycles. The molecule has 1 rings (SSSR count). The summed E-state index contributed by atoms with van der Waals surface area (Å²) in [6.07, 6.45) is 2.01. The van der Waals surface area contributed by atoms with Crippen molar-refractivity contribution in [1.82, 2.24) is 0 Å². The highest BCUT2D eigenvalue weighted by Crippen LogP contribution is 2.22. The van der Waals surface area contributed by atoms with E-state index in [1.807, 2.05) is 0 Å². The second kappa shape index (κ2) is 6.21. The number of aryl methyl sites for hydroxylation is 1. The molecule has 0 unspecified atom stereocenters. The maximum atomic E-state index is 13.7. The van der Waals surface area contributed by atoms with Crippen LogP contribution in [0.25, 0.3) is 0 Å². The van der Waals surface area contributed by atoms with Crippen LogP contribution in [-0.4, -0.2) is 5.91 Å². The van der Waals surface area contributed by atoms with E-state index in [0.29, 0.717) is 31.2 Å². The lowest BCUT2D eigenvalue weighted by Gasteiger charge is -2.05. The molecule has 1 aromatic rings. The van der Waals surface area contributed by atoms with Crippen LogP contribution in [0, 0.1) is 17.1 Å². The molecule has 1 amide bonds. The fourth-order valence-electron chi connectivity index (χ4n) is 1.51. The average molecular weight is 255 g/mol. The summed E-state index contributed by atoms with van der Waals surface area (Å²) in [5.74, 6) is -0.932. The lowest BCUT2D eigenvalue weighted by Crippen LogP contribution is -2.09. The minimum Gasteiger partial charge on any atom is -0.370 e. The van der Waals surface area contributed by atoms with Gasteiger partial charge in [-0.05, 0) is 30.9 Å². The number of amides is 1. The number of nitrogens with zero attached hydrogens (tertiary/aromatic N) is 1. The van der Waals surface area contributed by atoms with Crippen LogP contribution in [0.15, 0.2) is 12.1 Å². The van der Waals surface area contributed by atoms with Gasteiger partial charge in [-0.1, -0.05) is 17.7 Å². The molecule has 3 nitrogen and oxygen atoms in total. The van der Waals surface area contributed by atoms with Gasteiger partial charge in [0.2, 0.25) is 5.91 Å². The summed E-state index contributed by atoms with van der Waals surface area (Å²) in [4.78, 5) is 10.5. The molecule has 0 atom stereocenters. The van der Waals surface area contributed by atoms with E-state index in [2.05, 4.69) is 0 Å². The zero-order chi connectivity index (χ0) is 12.8. The average Bonchev–Trinajstić information content (AvgIpc) is 2.27. The fourth-order valence-corrected chi connectivity index (χ4v) is 1.69. The molecular weight excluding hydrogens is 243 g/mol. The van der Waals surface area contributed by atoms with Crippen LogP contribution in [0.1, 0.15) is 30.4 Å². The van der Waals surface area contributed by atoms with E-state index >= 15 is 0 Å². The van der Waals surface area contributed by atoms with Gasteiger partial charge < -0.3 is 5.73 Å². The summed E-state index contributed by atoms with van der Waals surface area (Å²) < 4.78 is 13.7. The summed E-state index contributed by atoms with van der Waals surface area (Å²) in [6, 6.07) is 4.80. The number of rotatable bonds is 5. The molecule has 2 N–H and O–H groups in total. The normalized spacial score (nSPS) is 9.94. The zero-order valence-corrected chi connectivity index (χ0v) is 9.93. The predicted octanol–water partition coefficient (Wildman–Crippen LogP) is 2.55. The Morgan fingerprint density at radius 2 is 2.18 bits per heavy atom. The Bertz CT molecular complexity index is 468. The largest absolute Gasteiger partial charge is 0.370 e. The Balaban J connectivity index is 2.67. The number of hydrogen-bond donors (Lipinski definition) is 1. The molecule has 0 heterocycles. The van der Waals surface area contributed by atoms with Crippen molar-refractivity contribution in [2.24, 2.45) is 5.73 Å². The Labute approximate surface area is 104 Å². The molecule has 5 heteroatoms. The van der Waals surface area contributed by atoms with Gasteiger partial charge in [0, 0.05) is 6.42 Å². The van der Waals surface area contributed by atoms with Crippen LogP contribution in [0.4, 0.5) is 4.39 Å². The number of carbonyl (C=O) groups is 1. The van der Waals surface area contributed by atoms with Crippen molar-refractivity contribution in [1.29, 1.82) is 5.26 Å². The predicted molar refractivity (Wildman–Crippen MR) is 62.9 cm³/mol. The van der Waals surface area contributed by atoms with Gasteiger partial charge in [-0.2, -0.15) is 5.26 Å². The standard InChI is InChI=1S/C12H12ClFN2O/c13-10-6-5-8(12(14)9(10)7-15)3-1-2-4-11(16)17/h5-6H,1-4H2,(H2,16,17). The number of primary amides is 1. The van der Waals surface area contributed by atoms with Crippen LogP contribution in [0.5, 0.6) is 0 Å². The monoisotopic (exact) mass is 254 g/mol. The minimum absolute atomic E-state index is 0.117. The van der Waals surface area contributed by atoms with Crippen LogP contribution >= 0.6 is 11.6 Å². The molecule has 0 spiro atoms. The highest BCUT2D eigenvalue weighted by molar-refractivity contribution is 6.31. The van der Waals surface area contributed by atoms with E-state index < -0.39 is 5.82 Å². The highest BCUT2D eigenvalue weighted by Gasteiger charge is 2.11. The van der Waals surface area contributed by atoms with Crippen molar-refractivity contribution in [3.05, 3.63) is 34.1 Å². The second-order valence-corrected chi connectivity index (χ2v) is 4.09. The van der Waals surface area contributed by atoms with Crippen molar-refractivity contribution in [2.45, 2.75) is 25.7 Å². The van der Waals surface area contributed by atoms with Crippen LogP contribution < -0.4 is 5.73 Å². The van der Waals surface area contributed by atoms with Crippen molar-refractivity contribution in [3.8, 4) is 6.07 Å². The van der Waals surface area contributed by atoms with E-state index in [0.717, 1.165) is 0 Å². The molecule has 0 saturated heterocycles. The number of nitriles is 1. The molecule has 0 saturated carbocycles. The third-order valence-electron chi connectivity index (χ3n) is 2.40. The first-order chi connectivity index (χ1) is 8.06. The maximum Gasteiger partial charge on any atom is 0.217 e. The number of nitrogens with two attached hydrogens (primary N) is 1. The van der Waals surface area contributed by atoms with E-state index in [4.69, 9.17) is 22.6 Å². The summed E-state index contributed by atoms with van der Waals surface area (Å²) in [7, 11) is 0. The van der Waals surface area contributed by atoms with Gasteiger partial charge in [-0.15, -0.1) is 0 Å². The van der Waals surface area contributed by atoms with Crippen molar-refractivity contribution in [2.75, 3.05) is 0 Å². The highest BCUT2D eigenvalue weighted by atomic mass is 35.5. The number of hydrogen-bond acceptors (Lipinski definition) is 2. The lowest BCUT2D eigenvalue weighted by atomic mass is 10.0. The fraction of sp³-hybridized carbons (Fsp3) is 0.333. The molecule has 0 radical (unpaired) electrons. The van der Waals surface area contributed by atoms with E-state index in [9.17, 15) is 9.18 Å². The number of halogens is 2. The Kier molecular flexibility index (Phi) is 4.92. The van der Waals surface area contributed by atoms with Gasteiger partial charge in [0.1, 0.15) is 17.4 Å². The summed E-state index contributed by atoms with van der Waals surface area (Å²) in [5.41, 5.74) is 5.31. The SMILES string of the molecule is N#Cc1c(Cl)ccc(CCCCC(N)=O)c1F. The molecule has 0 aliphatic rings. The van der Waals surface area contributed by atoms with Gasteiger partial charge in [-0.3, -0.25) is 4.79 Å². The van der Waals surface area contributed by atoms with Gasteiger partial charge >= 0.3 is 0 Å². The Morgan fingerprint density at radius 3 is 2.76 bits per heavy atom. The van der Waals surface area contributed by atoms with E-state index in [-0.39, 0.29) is 16.5 Å². The third-order valence-corrected chi connectivity index (χ3v) is 2.72. The Morgan fingerprint density at radius 1 is 1.47 bits per heavy atom. The number of unbranched alkanes of at least 4 members (excludes halogenated alkanes) is 1. The summed E-state index contributed by atoms with van der Waals surface area (Å²) in [5, 5.41) is 8.85. The molecule has 0 fully saturated rings. The van der Waals surface area contributed by atoms with Gasteiger partial charge in [0.25, 0.3) is 0 Å². The first-order valence-corrected chi connectivity index (χ1v) is 5.59. The first kappa shape index (κ1) is 13.5. The van der Waals surface area contributed by atoms with Crippen LogP contribution in [0.3, 0.4) is 0 Å². The first-order valence-electron chi connectivity index (χ1n) is 5.21. The van der Waals surface area contributed by atoms with Crippen LogP contribution in [0.2, 0.25) is 5.02 Å². The van der Waals surface area contributed by atoms with Gasteiger partial charge in [0.15, 0.2) is 0 Å². The van der Waals surface area contributed by atoms with Crippen LogP contribution in [-0.2, 0) is 11.2 Å².